The summed E-state index contributed by atoms with van der Waals surface area (Å²) in [5.74, 6) is 0. The SMILES string of the molecule is Cc1cccc(C(C)(O)C(C)(C)O)c1. The smallest absolute Gasteiger partial charge is 0.115 e. The van der Waals surface area contributed by atoms with Gasteiger partial charge in [-0.25, -0.2) is 0 Å². The van der Waals surface area contributed by atoms with Crippen LogP contribution in [0.15, 0.2) is 24.3 Å². The first-order valence-corrected chi connectivity index (χ1v) is 4.77. The van der Waals surface area contributed by atoms with Crippen LogP contribution in [0.25, 0.3) is 0 Å². The predicted molar refractivity (Wildman–Crippen MR) is 57.0 cm³/mol. The van der Waals surface area contributed by atoms with Crippen molar-refractivity contribution in [1.82, 2.24) is 0 Å². The lowest BCUT2D eigenvalue weighted by Gasteiger charge is -2.36. The lowest BCUT2D eigenvalue weighted by atomic mass is 9.81. The van der Waals surface area contributed by atoms with Crippen LogP contribution in [0.4, 0.5) is 0 Å². The van der Waals surface area contributed by atoms with E-state index in [1.165, 1.54) is 0 Å². The Kier molecular flexibility index (Phi) is 2.70. The summed E-state index contributed by atoms with van der Waals surface area (Å²) in [7, 11) is 0. The van der Waals surface area contributed by atoms with Crippen LogP contribution in [0.3, 0.4) is 0 Å². The van der Waals surface area contributed by atoms with Crippen LogP contribution in [-0.2, 0) is 5.60 Å². The number of aliphatic hydroxyl groups is 2. The standard InChI is InChI=1S/C12H18O2/c1-9-6-5-7-10(8-9)12(4,14)11(2,3)13/h5-8,13-14H,1-4H3. The molecule has 2 N–H and O–H groups in total. The van der Waals surface area contributed by atoms with Gasteiger partial charge in [0.05, 0.1) is 5.60 Å². The lowest BCUT2D eigenvalue weighted by Crippen LogP contribution is -2.44. The van der Waals surface area contributed by atoms with Gasteiger partial charge in [0.2, 0.25) is 0 Å². The van der Waals surface area contributed by atoms with Crippen molar-refractivity contribution in [3.63, 3.8) is 0 Å². The van der Waals surface area contributed by atoms with Gasteiger partial charge in [-0.15, -0.1) is 0 Å². The van der Waals surface area contributed by atoms with Crippen molar-refractivity contribution >= 4 is 0 Å². The molecular weight excluding hydrogens is 176 g/mol. The molecule has 0 amide bonds. The molecule has 2 nitrogen and oxygen atoms in total. The zero-order valence-corrected chi connectivity index (χ0v) is 9.20. The van der Waals surface area contributed by atoms with E-state index >= 15 is 0 Å². The van der Waals surface area contributed by atoms with E-state index in [0.29, 0.717) is 0 Å². The first-order chi connectivity index (χ1) is 6.25. The van der Waals surface area contributed by atoms with E-state index < -0.39 is 11.2 Å². The summed E-state index contributed by atoms with van der Waals surface area (Å²) < 4.78 is 0. The molecule has 1 atom stereocenters. The van der Waals surface area contributed by atoms with Gasteiger partial charge in [-0.05, 0) is 33.3 Å². The van der Waals surface area contributed by atoms with Gasteiger partial charge in [0.1, 0.15) is 5.60 Å². The summed E-state index contributed by atoms with van der Waals surface area (Å²) in [4.78, 5) is 0. The van der Waals surface area contributed by atoms with Gasteiger partial charge >= 0.3 is 0 Å². The van der Waals surface area contributed by atoms with Crippen LogP contribution in [0.5, 0.6) is 0 Å². The summed E-state index contributed by atoms with van der Waals surface area (Å²) in [5.41, 5.74) is -0.558. The highest BCUT2D eigenvalue weighted by Crippen LogP contribution is 2.32. The summed E-state index contributed by atoms with van der Waals surface area (Å²) >= 11 is 0. The maximum absolute atomic E-state index is 10.2. The summed E-state index contributed by atoms with van der Waals surface area (Å²) in [6, 6.07) is 7.55. The predicted octanol–water partition coefficient (Wildman–Crippen LogP) is 1.97. The second kappa shape index (κ2) is 3.37. The lowest BCUT2D eigenvalue weighted by molar-refractivity contribution is -0.125. The molecule has 0 radical (unpaired) electrons. The molecule has 2 heteroatoms. The maximum Gasteiger partial charge on any atom is 0.115 e. The van der Waals surface area contributed by atoms with E-state index in [1.54, 1.807) is 20.8 Å². The van der Waals surface area contributed by atoms with Crippen molar-refractivity contribution in [2.75, 3.05) is 0 Å². The molecule has 1 aromatic rings. The quantitative estimate of drug-likeness (QED) is 0.755. The van der Waals surface area contributed by atoms with E-state index in [0.717, 1.165) is 11.1 Å². The van der Waals surface area contributed by atoms with Gasteiger partial charge in [-0.2, -0.15) is 0 Å². The van der Waals surface area contributed by atoms with Gasteiger partial charge in [-0.3, -0.25) is 0 Å². The molecule has 0 aliphatic carbocycles. The Morgan fingerprint density at radius 1 is 1.07 bits per heavy atom. The highest BCUT2D eigenvalue weighted by Gasteiger charge is 2.38. The third-order valence-electron chi connectivity index (χ3n) is 2.77. The fraction of sp³-hybridized carbons (Fsp3) is 0.500. The minimum absolute atomic E-state index is 0.741. The molecule has 0 spiro atoms. The Morgan fingerprint density at radius 2 is 1.64 bits per heavy atom. The van der Waals surface area contributed by atoms with Crippen LogP contribution in [-0.4, -0.2) is 15.8 Å². The normalized spacial score (nSPS) is 16.4. The molecule has 0 aromatic heterocycles. The van der Waals surface area contributed by atoms with Crippen molar-refractivity contribution in [3.05, 3.63) is 35.4 Å². The van der Waals surface area contributed by atoms with Crippen LogP contribution < -0.4 is 0 Å². The average Bonchev–Trinajstić information content (AvgIpc) is 2.02. The van der Waals surface area contributed by atoms with Gasteiger partial charge in [0.25, 0.3) is 0 Å². The number of hydrogen-bond donors (Lipinski definition) is 2. The van der Waals surface area contributed by atoms with Gasteiger partial charge in [0, 0.05) is 0 Å². The highest BCUT2D eigenvalue weighted by atomic mass is 16.4. The fourth-order valence-corrected chi connectivity index (χ4v) is 1.30. The first kappa shape index (κ1) is 11.2. The monoisotopic (exact) mass is 194 g/mol. The van der Waals surface area contributed by atoms with Gasteiger partial charge in [0.15, 0.2) is 0 Å². The van der Waals surface area contributed by atoms with Crippen molar-refractivity contribution in [1.29, 1.82) is 0 Å². The number of rotatable bonds is 2. The van der Waals surface area contributed by atoms with Crippen molar-refractivity contribution in [2.24, 2.45) is 0 Å². The average molecular weight is 194 g/mol. The van der Waals surface area contributed by atoms with E-state index in [4.69, 9.17) is 0 Å². The minimum Gasteiger partial charge on any atom is -0.387 e. The molecular formula is C12H18O2. The van der Waals surface area contributed by atoms with Crippen LogP contribution in [0.2, 0.25) is 0 Å². The summed E-state index contributed by atoms with van der Waals surface area (Å²) in [5, 5.41) is 20.0. The van der Waals surface area contributed by atoms with Crippen LogP contribution in [0.1, 0.15) is 31.9 Å². The first-order valence-electron chi connectivity index (χ1n) is 4.77. The third kappa shape index (κ3) is 1.97. The fourth-order valence-electron chi connectivity index (χ4n) is 1.30. The van der Waals surface area contributed by atoms with Crippen molar-refractivity contribution < 1.29 is 10.2 Å². The molecule has 1 aromatic carbocycles. The molecule has 14 heavy (non-hydrogen) atoms. The molecule has 1 unspecified atom stereocenters. The Balaban J connectivity index is 3.16. The Hall–Kier alpha value is -0.860. The zero-order valence-electron chi connectivity index (χ0n) is 9.20. The summed E-state index contributed by atoms with van der Waals surface area (Å²) in [6.07, 6.45) is 0. The molecule has 1 rings (SSSR count). The Labute approximate surface area is 85.2 Å². The maximum atomic E-state index is 10.2. The van der Waals surface area contributed by atoms with E-state index in [9.17, 15) is 10.2 Å². The van der Waals surface area contributed by atoms with Gasteiger partial charge < -0.3 is 10.2 Å². The molecule has 78 valence electrons. The van der Waals surface area contributed by atoms with Crippen molar-refractivity contribution in [3.8, 4) is 0 Å². The largest absolute Gasteiger partial charge is 0.387 e. The molecule has 0 aliphatic rings. The number of aryl methyl sites for hydroxylation is 1. The third-order valence-corrected chi connectivity index (χ3v) is 2.77. The van der Waals surface area contributed by atoms with Gasteiger partial charge in [-0.1, -0.05) is 29.8 Å². The van der Waals surface area contributed by atoms with E-state index in [2.05, 4.69) is 0 Å². The Bertz CT molecular complexity index is 321. The van der Waals surface area contributed by atoms with E-state index in [-0.39, 0.29) is 0 Å². The molecule has 0 aliphatic heterocycles. The molecule has 0 saturated heterocycles. The number of hydrogen-bond acceptors (Lipinski definition) is 2. The van der Waals surface area contributed by atoms with Crippen LogP contribution in [0, 0.1) is 6.92 Å². The molecule has 0 heterocycles. The molecule has 0 bridgehead atoms. The highest BCUT2D eigenvalue weighted by molar-refractivity contribution is 5.29. The topological polar surface area (TPSA) is 40.5 Å². The second-order valence-corrected chi connectivity index (χ2v) is 4.50. The molecule has 0 fully saturated rings. The zero-order chi connectivity index (χ0) is 11.0. The second-order valence-electron chi connectivity index (χ2n) is 4.50. The van der Waals surface area contributed by atoms with E-state index in [1.807, 2.05) is 31.2 Å². The summed E-state index contributed by atoms with van der Waals surface area (Å²) in [6.45, 7) is 6.80. The van der Waals surface area contributed by atoms with Crippen molar-refractivity contribution in [2.45, 2.75) is 38.9 Å². The molecule has 0 saturated carbocycles. The van der Waals surface area contributed by atoms with Crippen LogP contribution >= 0.6 is 0 Å². The Morgan fingerprint density at radius 3 is 2.07 bits per heavy atom. The minimum atomic E-state index is -1.22. The number of benzene rings is 1.